The van der Waals surface area contributed by atoms with Crippen LogP contribution in [-0.4, -0.2) is 22.5 Å². The first-order valence-electron chi connectivity index (χ1n) is 8.16. The highest BCUT2D eigenvalue weighted by molar-refractivity contribution is 6.11. The molecule has 2 rings (SSSR count). The van der Waals surface area contributed by atoms with Crippen molar-refractivity contribution in [3.63, 3.8) is 0 Å². The number of hydrogen-bond donors (Lipinski definition) is 0. The van der Waals surface area contributed by atoms with Gasteiger partial charge in [-0.3, -0.25) is 19.3 Å². The lowest BCUT2D eigenvalue weighted by atomic mass is 9.78. The Labute approximate surface area is 126 Å². The van der Waals surface area contributed by atoms with Crippen molar-refractivity contribution in [3.05, 3.63) is 12.3 Å². The minimum Gasteiger partial charge on any atom is -0.294 e. The fraction of sp³-hybridized carbons (Fsp3) is 0.706. The second-order valence-electron chi connectivity index (χ2n) is 6.33. The van der Waals surface area contributed by atoms with E-state index in [4.69, 9.17) is 0 Å². The first-order chi connectivity index (χ1) is 10.1. The summed E-state index contributed by atoms with van der Waals surface area (Å²) in [6.45, 7) is 2.23. The van der Waals surface area contributed by atoms with Crippen molar-refractivity contribution < 1.29 is 14.4 Å². The minimum absolute atomic E-state index is 0.167. The van der Waals surface area contributed by atoms with Crippen molar-refractivity contribution in [3.8, 4) is 0 Å². The van der Waals surface area contributed by atoms with Gasteiger partial charge in [-0.25, -0.2) is 0 Å². The predicted octanol–water partition coefficient (Wildman–Crippen LogP) is 3.21. The predicted molar refractivity (Wildman–Crippen MR) is 80.2 cm³/mol. The number of ketones is 1. The first-order valence-corrected chi connectivity index (χ1v) is 8.16. The summed E-state index contributed by atoms with van der Waals surface area (Å²) in [7, 11) is 0. The van der Waals surface area contributed by atoms with Gasteiger partial charge in [0.05, 0.1) is 6.42 Å². The molecule has 1 heterocycles. The van der Waals surface area contributed by atoms with Gasteiger partial charge in [-0.2, -0.15) is 0 Å². The van der Waals surface area contributed by atoms with E-state index in [2.05, 4.69) is 6.92 Å². The second kappa shape index (κ2) is 7.53. The standard InChI is InChI=1S/C17H25NO3/c1-2-3-13-4-6-14(7-5-13)8-9-16(20)18-11-10-15(19)12-17(18)21/h10-11,13-14H,2-9,12H2,1H3. The molecule has 4 heteroatoms. The van der Waals surface area contributed by atoms with Gasteiger partial charge in [0, 0.05) is 12.6 Å². The average molecular weight is 291 g/mol. The van der Waals surface area contributed by atoms with Gasteiger partial charge in [0.2, 0.25) is 11.8 Å². The van der Waals surface area contributed by atoms with Crippen LogP contribution in [0.3, 0.4) is 0 Å². The Kier molecular flexibility index (Phi) is 5.71. The molecule has 0 spiro atoms. The molecule has 2 aliphatic rings. The largest absolute Gasteiger partial charge is 0.294 e. The quantitative estimate of drug-likeness (QED) is 0.731. The second-order valence-corrected chi connectivity index (χ2v) is 6.33. The monoisotopic (exact) mass is 291 g/mol. The summed E-state index contributed by atoms with van der Waals surface area (Å²) >= 11 is 0. The van der Waals surface area contributed by atoms with E-state index < -0.39 is 0 Å². The molecule has 0 aromatic heterocycles. The van der Waals surface area contributed by atoms with Crippen LogP contribution in [0.25, 0.3) is 0 Å². The SMILES string of the molecule is CCCC1CCC(CCC(=O)N2C=CC(=O)CC2=O)CC1. The number of carbonyl (C=O) groups excluding carboxylic acids is 3. The summed E-state index contributed by atoms with van der Waals surface area (Å²) in [6.07, 6.45) is 11.3. The van der Waals surface area contributed by atoms with Crippen molar-refractivity contribution >= 4 is 17.6 Å². The van der Waals surface area contributed by atoms with E-state index in [-0.39, 0.29) is 24.0 Å². The van der Waals surface area contributed by atoms with Crippen molar-refractivity contribution in [1.82, 2.24) is 4.90 Å². The highest BCUT2D eigenvalue weighted by Crippen LogP contribution is 2.33. The van der Waals surface area contributed by atoms with Crippen molar-refractivity contribution in [2.24, 2.45) is 11.8 Å². The minimum atomic E-state index is -0.390. The summed E-state index contributed by atoms with van der Waals surface area (Å²) in [5.41, 5.74) is 0. The van der Waals surface area contributed by atoms with Crippen molar-refractivity contribution in [2.45, 2.75) is 64.7 Å². The van der Waals surface area contributed by atoms with Gasteiger partial charge in [0.25, 0.3) is 0 Å². The van der Waals surface area contributed by atoms with Gasteiger partial charge < -0.3 is 0 Å². The molecule has 0 aromatic carbocycles. The van der Waals surface area contributed by atoms with E-state index in [1.54, 1.807) is 0 Å². The highest BCUT2D eigenvalue weighted by atomic mass is 16.2. The third-order valence-electron chi connectivity index (χ3n) is 4.70. The fourth-order valence-corrected chi connectivity index (χ4v) is 3.42. The van der Waals surface area contributed by atoms with Crippen LogP contribution >= 0.6 is 0 Å². The lowest BCUT2D eigenvalue weighted by Crippen LogP contribution is -2.36. The molecule has 0 N–H and O–H groups in total. The maximum atomic E-state index is 12.1. The third kappa shape index (κ3) is 4.51. The molecule has 1 aliphatic carbocycles. The molecule has 0 radical (unpaired) electrons. The van der Waals surface area contributed by atoms with Crippen molar-refractivity contribution in [1.29, 1.82) is 0 Å². The van der Waals surface area contributed by atoms with Gasteiger partial charge in [-0.1, -0.05) is 45.4 Å². The topological polar surface area (TPSA) is 54.5 Å². The molecule has 4 nitrogen and oxygen atoms in total. The summed E-state index contributed by atoms with van der Waals surface area (Å²) in [4.78, 5) is 35.9. The molecule has 0 aromatic rings. The lowest BCUT2D eigenvalue weighted by molar-refractivity contribution is -0.143. The fourth-order valence-electron chi connectivity index (χ4n) is 3.42. The molecular weight excluding hydrogens is 266 g/mol. The highest BCUT2D eigenvalue weighted by Gasteiger charge is 2.26. The van der Waals surface area contributed by atoms with Crippen LogP contribution in [0, 0.1) is 11.8 Å². The van der Waals surface area contributed by atoms with Crippen LogP contribution in [0.4, 0.5) is 0 Å². The number of nitrogens with zero attached hydrogens (tertiary/aromatic N) is 1. The zero-order valence-electron chi connectivity index (χ0n) is 12.8. The van der Waals surface area contributed by atoms with Crippen molar-refractivity contribution in [2.75, 3.05) is 0 Å². The summed E-state index contributed by atoms with van der Waals surface area (Å²) in [6, 6.07) is 0. The third-order valence-corrected chi connectivity index (χ3v) is 4.70. The first kappa shape index (κ1) is 15.9. The van der Waals surface area contributed by atoms with Gasteiger partial charge in [-0.05, 0) is 24.3 Å². The molecule has 1 saturated carbocycles. The Morgan fingerprint density at radius 1 is 1.14 bits per heavy atom. The normalized spacial score (nSPS) is 26.2. The maximum Gasteiger partial charge on any atom is 0.241 e. The molecule has 1 fully saturated rings. The molecule has 0 atom stereocenters. The van der Waals surface area contributed by atoms with E-state index in [1.165, 1.54) is 50.8 Å². The molecule has 1 aliphatic heterocycles. The van der Waals surface area contributed by atoms with Gasteiger partial charge in [0.1, 0.15) is 0 Å². The molecular formula is C17H25NO3. The van der Waals surface area contributed by atoms with Crippen LogP contribution in [0.5, 0.6) is 0 Å². The number of imide groups is 1. The summed E-state index contributed by atoms with van der Waals surface area (Å²) in [5, 5.41) is 0. The number of hydrogen-bond acceptors (Lipinski definition) is 3. The van der Waals surface area contributed by atoms with Crippen LogP contribution in [0.15, 0.2) is 12.3 Å². The Morgan fingerprint density at radius 2 is 1.76 bits per heavy atom. The Hall–Kier alpha value is -1.45. The van der Waals surface area contributed by atoms with Crippen LogP contribution < -0.4 is 0 Å². The molecule has 0 saturated heterocycles. The molecule has 0 bridgehead atoms. The lowest BCUT2D eigenvalue weighted by Gasteiger charge is -2.28. The number of rotatable bonds is 5. The molecule has 0 unspecified atom stereocenters. The van der Waals surface area contributed by atoms with Crippen LogP contribution in [0.2, 0.25) is 0 Å². The van der Waals surface area contributed by atoms with Gasteiger partial charge >= 0.3 is 0 Å². The van der Waals surface area contributed by atoms with E-state index >= 15 is 0 Å². The summed E-state index contributed by atoms with van der Waals surface area (Å²) < 4.78 is 0. The average Bonchev–Trinajstić information content (AvgIpc) is 2.46. The Bertz CT molecular complexity index is 433. The molecule has 2 amide bonds. The molecule has 21 heavy (non-hydrogen) atoms. The van der Waals surface area contributed by atoms with E-state index in [1.807, 2.05) is 0 Å². The number of amides is 2. The Balaban J connectivity index is 1.74. The van der Waals surface area contributed by atoms with E-state index in [9.17, 15) is 14.4 Å². The molecule has 116 valence electrons. The smallest absolute Gasteiger partial charge is 0.241 e. The summed E-state index contributed by atoms with van der Waals surface area (Å²) in [5.74, 6) is 0.712. The van der Waals surface area contributed by atoms with Crippen LogP contribution in [-0.2, 0) is 14.4 Å². The van der Waals surface area contributed by atoms with E-state index in [0.29, 0.717) is 12.3 Å². The zero-order chi connectivity index (χ0) is 15.2. The Morgan fingerprint density at radius 3 is 2.33 bits per heavy atom. The number of carbonyl (C=O) groups is 3. The van der Waals surface area contributed by atoms with Gasteiger partial charge in [-0.15, -0.1) is 0 Å². The number of allylic oxidation sites excluding steroid dienone is 1. The van der Waals surface area contributed by atoms with E-state index in [0.717, 1.165) is 17.2 Å². The maximum absolute atomic E-state index is 12.1. The van der Waals surface area contributed by atoms with Crippen LogP contribution in [0.1, 0.15) is 64.7 Å². The zero-order valence-corrected chi connectivity index (χ0v) is 12.8. The van der Waals surface area contributed by atoms with Gasteiger partial charge in [0.15, 0.2) is 5.78 Å².